The molecule has 0 bridgehead atoms. The van der Waals surface area contributed by atoms with Gasteiger partial charge in [0, 0.05) is 0 Å². The van der Waals surface area contributed by atoms with E-state index < -0.39 is 0 Å². The molecule has 0 nitrogen and oxygen atoms in total. The minimum Gasteiger partial charge on any atom is -0.0972 e. The topological polar surface area (TPSA) is 0 Å². The molecule has 0 radical (unpaired) electrons. The zero-order valence-electron chi connectivity index (χ0n) is 4.95. The van der Waals surface area contributed by atoms with Gasteiger partial charge in [0.1, 0.15) is 0 Å². The van der Waals surface area contributed by atoms with Gasteiger partial charge < -0.3 is 0 Å². The van der Waals surface area contributed by atoms with Gasteiger partial charge in [-0.25, -0.2) is 0 Å². The van der Waals surface area contributed by atoms with Crippen molar-refractivity contribution in [1.29, 1.82) is 0 Å². The monoisotopic (exact) mass is 134 g/mol. The Morgan fingerprint density at radius 1 is 1.86 bits per heavy atom. The van der Waals surface area contributed by atoms with Gasteiger partial charge in [-0.2, -0.15) is 0 Å². The van der Waals surface area contributed by atoms with Gasteiger partial charge in [0.15, 0.2) is 0 Å². The first-order valence-electron chi connectivity index (χ1n) is 2.72. The molecule has 0 N–H and O–H groups in total. The first-order valence-corrected chi connectivity index (χ1v) is 5.33. The summed E-state index contributed by atoms with van der Waals surface area (Å²) in [6.07, 6.45) is 1.17. The van der Waals surface area contributed by atoms with Gasteiger partial charge in [-0.1, -0.05) is 24.2 Å². The number of hydrogen-bond acceptors (Lipinski definition) is 0. The van der Waals surface area contributed by atoms with E-state index in [-0.39, 0.29) is 7.27 Å². The molecule has 0 saturated carbocycles. The molecule has 1 unspecified atom stereocenters. The van der Waals surface area contributed by atoms with Crippen LogP contribution in [0.15, 0.2) is 0 Å². The van der Waals surface area contributed by atoms with E-state index in [2.05, 4.69) is 14.7 Å². The van der Waals surface area contributed by atoms with Crippen molar-refractivity contribution in [3.8, 4) is 0 Å². The van der Waals surface area contributed by atoms with Gasteiger partial charge in [-0.05, 0) is 13.4 Å². The summed E-state index contributed by atoms with van der Waals surface area (Å²) < 4.78 is 0. The predicted molar refractivity (Wildman–Crippen MR) is 43.9 cm³/mol. The average Bonchev–Trinajstić information content (AvgIpc) is 1.68. The van der Waals surface area contributed by atoms with Crippen molar-refractivity contribution in [2.75, 3.05) is 12.2 Å². The third kappa shape index (κ3) is 4.71. The maximum atomic E-state index is 5.83. The largest absolute Gasteiger partial charge is 0.0972 e. The Morgan fingerprint density at radius 2 is 2.43 bits per heavy atom. The highest BCUT2D eigenvalue weighted by atomic mass is 35.7. The lowest BCUT2D eigenvalue weighted by Gasteiger charge is -1.99. The summed E-state index contributed by atoms with van der Waals surface area (Å²) in [4.78, 5) is 0. The molecule has 0 rings (SSSR count). The average molecular weight is 134 g/mol. The van der Waals surface area contributed by atoms with Crippen LogP contribution in [0.25, 0.3) is 0 Å². The minimum atomic E-state index is -0.106. The number of rotatable bonds is 3. The van der Waals surface area contributed by atoms with Gasteiger partial charge in [0.05, 0.1) is 14.9 Å². The van der Waals surface area contributed by atoms with Crippen LogP contribution in [0.4, 0.5) is 0 Å². The van der Waals surface area contributed by atoms with Crippen LogP contribution in [0, 0.1) is 0 Å². The molecule has 0 aliphatic heterocycles. The van der Waals surface area contributed by atoms with Crippen molar-refractivity contribution in [3.05, 3.63) is 0 Å². The highest BCUT2D eigenvalue weighted by Gasteiger charge is 1.95. The van der Waals surface area contributed by atoms with Crippen LogP contribution in [0.1, 0.15) is 6.92 Å². The lowest BCUT2D eigenvalue weighted by molar-refractivity contribution is 1.51. The second-order valence-electron chi connectivity index (χ2n) is 1.50. The summed E-state index contributed by atoms with van der Waals surface area (Å²) >= 11 is 5.83. The van der Waals surface area contributed by atoms with Crippen LogP contribution in [0.3, 0.4) is 0 Å². The third-order valence-electron chi connectivity index (χ3n) is 0.809. The lowest BCUT2D eigenvalue weighted by Crippen LogP contribution is -1.93. The second kappa shape index (κ2) is 5.00. The Morgan fingerprint density at radius 3 is 2.57 bits per heavy atom. The first-order chi connectivity index (χ1) is 3.31. The van der Waals surface area contributed by atoms with Crippen LogP contribution in [-0.2, 0) is 0 Å². The van der Waals surface area contributed by atoms with E-state index >= 15 is 0 Å². The van der Waals surface area contributed by atoms with E-state index in [1.165, 1.54) is 19.4 Å². The van der Waals surface area contributed by atoms with E-state index in [0.29, 0.717) is 0 Å². The Hall–Kier alpha value is 0.850. The highest BCUT2D eigenvalue weighted by molar-refractivity contribution is 7.85. The molecule has 0 aromatic rings. The predicted octanol–water partition coefficient (Wildman–Crippen LogP) is 0.584. The highest BCUT2D eigenvalue weighted by Crippen LogP contribution is 2.38. The molecule has 1 atom stereocenters. The van der Waals surface area contributed by atoms with Gasteiger partial charge in [-0.3, -0.25) is 0 Å². The molecule has 0 aromatic carbocycles. The quantitative estimate of drug-likeness (QED) is 0.391. The molecular weight excluding hydrogens is 124 g/mol. The van der Waals surface area contributed by atoms with Crippen LogP contribution in [-0.4, -0.2) is 27.1 Å². The Bertz CT molecular complexity index is 43.9. The molecule has 0 aliphatic rings. The van der Waals surface area contributed by atoms with E-state index in [1.807, 2.05) is 0 Å². The molecule has 7 heavy (non-hydrogen) atoms. The molecule has 0 aromatic heterocycles. The molecule has 4 heteroatoms. The molecule has 0 fully saturated rings. The second-order valence-corrected chi connectivity index (χ2v) is 4.94. The smallest absolute Gasteiger partial charge is 0.0890 e. The lowest BCUT2D eigenvalue weighted by atomic mass is 9.58. The summed E-state index contributed by atoms with van der Waals surface area (Å²) in [6, 6.07) is 1.23. The summed E-state index contributed by atoms with van der Waals surface area (Å²) in [6.45, 7) is 2.15. The van der Waals surface area contributed by atoms with Crippen molar-refractivity contribution < 1.29 is 0 Å². The zero-order chi connectivity index (χ0) is 5.70. The van der Waals surface area contributed by atoms with E-state index in [1.54, 1.807) is 0 Å². The molecule has 0 heterocycles. The summed E-state index contributed by atoms with van der Waals surface area (Å²) in [5.41, 5.74) is 0. The SMILES string of the molecule is BBCP(Cl)CC. The van der Waals surface area contributed by atoms with Gasteiger partial charge in [0.25, 0.3) is 0 Å². The molecule has 40 valence electrons. The van der Waals surface area contributed by atoms with Crippen molar-refractivity contribution in [1.82, 2.24) is 0 Å². The van der Waals surface area contributed by atoms with Crippen LogP contribution in [0.5, 0.6) is 0 Å². The first kappa shape index (κ1) is 7.85. The molecule has 0 spiro atoms. The van der Waals surface area contributed by atoms with Crippen molar-refractivity contribution in [2.45, 2.75) is 6.92 Å². The normalized spacial score (nSPS) is 13.4. The molecular formula is C3H10B2ClP. The van der Waals surface area contributed by atoms with E-state index in [0.717, 1.165) is 0 Å². The van der Waals surface area contributed by atoms with Crippen molar-refractivity contribution in [3.63, 3.8) is 0 Å². The Balaban J connectivity index is 2.83. The third-order valence-corrected chi connectivity index (χ3v) is 3.65. The fourth-order valence-corrected chi connectivity index (χ4v) is 1.71. The van der Waals surface area contributed by atoms with Gasteiger partial charge >= 0.3 is 0 Å². The minimum absolute atomic E-state index is 0.106. The molecule has 0 saturated heterocycles. The van der Waals surface area contributed by atoms with Gasteiger partial charge in [-0.15, -0.1) is 0 Å². The zero-order valence-corrected chi connectivity index (χ0v) is 6.60. The number of halogens is 1. The summed E-state index contributed by atoms with van der Waals surface area (Å²) in [5, 5.41) is 0. The van der Waals surface area contributed by atoms with Gasteiger partial charge in [0.2, 0.25) is 0 Å². The maximum absolute atomic E-state index is 5.83. The molecule has 0 amide bonds. The summed E-state index contributed by atoms with van der Waals surface area (Å²) in [7, 11) is 3.31. The number of hydrogen-bond donors (Lipinski definition) is 0. The van der Waals surface area contributed by atoms with Crippen molar-refractivity contribution in [2.24, 2.45) is 0 Å². The van der Waals surface area contributed by atoms with Crippen molar-refractivity contribution >= 4 is 33.4 Å². The maximum Gasteiger partial charge on any atom is 0.0890 e. The van der Waals surface area contributed by atoms with E-state index in [4.69, 9.17) is 11.2 Å². The molecule has 0 aliphatic carbocycles. The fourth-order valence-electron chi connectivity index (χ4n) is 0.401. The van der Waals surface area contributed by atoms with E-state index in [9.17, 15) is 0 Å². The van der Waals surface area contributed by atoms with Crippen LogP contribution >= 0.6 is 18.5 Å². The van der Waals surface area contributed by atoms with Crippen LogP contribution < -0.4 is 0 Å². The standard InChI is InChI=1S/C3H10B2ClP/c1-2-7(6)3-5-4/h5H,2-4H2,1H3. The fraction of sp³-hybridized carbons (Fsp3) is 1.00. The summed E-state index contributed by atoms with van der Waals surface area (Å²) in [5.74, 6) is 0. The Kier molecular flexibility index (Phi) is 5.60. The van der Waals surface area contributed by atoms with Crippen LogP contribution in [0.2, 0.25) is 0 Å². The Labute approximate surface area is 53.2 Å².